The molecule has 0 aliphatic heterocycles. The van der Waals surface area contributed by atoms with Crippen LogP contribution in [0.1, 0.15) is 17.7 Å². The highest BCUT2D eigenvalue weighted by molar-refractivity contribution is 5.76. The lowest BCUT2D eigenvalue weighted by Gasteiger charge is -2.11. The summed E-state index contributed by atoms with van der Waals surface area (Å²) in [5.41, 5.74) is 2.05. The summed E-state index contributed by atoms with van der Waals surface area (Å²) in [5.74, 6) is 2.11. The van der Waals surface area contributed by atoms with Gasteiger partial charge in [-0.3, -0.25) is 9.59 Å². The fourth-order valence-electron chi connectivity index (χ4n) is 2.16. The van der Waals surface area contributed by atoms with Gasteiger partial charge in [-0.1, -0.05) is 12.0 Å². The Labute approximate surface area is 99.6 Å². The summed E-state index contributed by atoms with van der Waals surface area (Å²) in [4.78, 5) is 23.3. The van der Waals surface area contributed by atoms with Gasteiger partial charge < -0.3 is 9.88 Å². The number of aromatic nitrogens is 1. The van der Waals surface area contributed by atoms with E-state index in [2.05, 4.69) is 11.2 Å². The summed E-state index contributed by atoms with van der Waals surface area (Å²) < 4.78 is 1.55. The lowest BCUT2D eigenvalue weighted by molar-refractivity contribution is -0.121. The Morgan fingerprint density at radius 1 is 1.47 bits per heavy atom. The van der Waals surface area contributed by atoms with Gasteiger partial charge in [-0.25, -0.2) is 0 Å². The zero-order valence-corrected chi connectivity index (χ0v) is 9.53. The van der Waals surface area contributed by atoms with E-state index >= 15 is 0 Å². The quantitative estimate of drug-likeness (QED) is 0.748. The first-order valence-electron chi connectivity index (χ1n) is 5.64. The number of terminal acetylenes is 1. The molecule has 88 valence electrons. The first-order valence-corrected chi connectivity index (χ1v) is 5.64. The Balaban J connectivity index is 2.22. The molecule has 1 amide bonds. The number of nitrogens with zero attached hydrogens (tertiary/aromatic N) is 1. The van der Waals surface area contributed by atoms with Gasteiger partial charge in [0.1, 0.15) is 6.54 Å². The van der Waals surface area contributed by atoms with Crippen molar-refractivity contribution in [2.75, 3.05) is 6.54 Å². The third-order valence-corrected chi connectivity index (χ3v) is 2.94. The van der Waals surface area contributed by atoms with Gasteiger partial charge in [-0.2, -0.15) is 0 Å². The molecule has 1 aromatic rings. The molecule has 0 atom stereocenters. The van der Waals surface area contributed by atoms with Crippen molar-refractivity contribution in [1.82, 2.24) is 9.88 Å². The second kappa shape index (κ2) is 4.88. The highest BCUT2D eigenvalue weighted by atomic mass is 16.2. The third-order valence-electron chi connectivity index (χ3n) is 2.94. The molecular weight excluding hydrogens is 216 g/mol. The maximum Gasteiger partial charge on any atom is 0.251 e. The molecule has 1 heterocycles. The number of aryl methyl sites for hydroxylation is 1. The second-order valence-electron chi connectivity index (χ2n) is 4.06. The van der Waals surface area contributed by atoms with Crippen molar-refractivity contribution in [3.8, 4) is 12.3 Å². The standard InChI is InChI=1S/C13H14N2O2/c1-2-8-14-12(16)9-15-11-5-3-4-10(11)6-7-13(15)17/h1,6-7H,3-5,8-9H2,(H,14,16). The smallest absolute Gasteiger partial charge is 0.251 e. The fourth-order valence-corrected chi connectivity index (χ4v) is 2.16. The van der Waals surface area contributed by atoms with Gasteiger partial charge >= 0.3 is 0 Å². The van der Waals surface area contributed by atoms with E-state index in [1.54, 1.807) is 4.57 Å². The van der Waals surface area contributed by atoms with Crippen LogP contribution in [0.4, 0.5) is 0 Å². The molecule has 4 nitrogen and oxygen atoms in total. The van der Waals surface area contributed by atoms with Crippen LogP contribution in [0, 0.1) is 12.3 Å². The molecule has 0 unspecified atom stereocenters. The van der Waals surface area contributed by atoms with Gasteiger partial charge in [0.15, 0.2) is 0 Å². The zero-order chi connectivity index (χ0) is 12.3. The second-order valence-corrected chi connectivity index (χ2v) is 4.06. The van der Waals surface area contributed by atoms with Gasteiger partial charge in [0.2, 0.25) is 5.91 Å². The molecule has 1 aromatic heterocycles. The Hall–Kier alpha value is -2.02. The monoisotopic (exact) mass is 230 g/mol. The van der Waals surface area contributed by atoms with Crippen LogP contribution in [0.25, 0.3) is 0 Å². The number of pyridine rings is 1. The van der Waals surface area contributed by atoms with Crippen LogP contribution in [-0.4, -0.2) is 17.0 Å². The van der Waals surface area contributed by atoms with Crippen LogP contribution >= 0.6 is 0 Å². The minimum Gasteiger partial charge on any atom is -0.344 e. The summed E-state index contributed by atoms with van der Waals surface area (Å²) in [6.45, 7) is 0.256. The van der Waals surface area contributed by atoms with Crippen LogP contribution in [0.3, 0.4) is 0 Å². The molecule has 0 aromatic carbocycles. The van der Waals surface area contributed by atoms with Gasteiger partial charge in [0.25, 0.3) is 5.56 Å². The minimum absolute atomic E-state index is 0.0592. The summed E-state index contributed by atoms with van der Waals surface area (Å²) in [5, 5.41) is 2.56. The predicted molar refractivity (Wildman–Crippen MR) is 64.6 cm³/mol. The van der Waals surface area contributed by atoms with Gasteiger partial charge in [-0.15, -0.1) is 6.42 Å². The van der Waals surface area contributed by atoms with Crippen molar-refractivity contribution in [2.45, 2.75) is 25.8 Å². The largest absolute Gasteiger partial charge is 0.344 e. The fraction of sp³-hybridized carbons (Fsp3) is 0.385. The van der Waals surface area contributed by atoms with Crippen LogP contribution in [0.2, 0.25) is 0 Å². The van der Waals surface area contributed by atoms with Gasteiger partial charge in [0.05, 0.1) is 6.54 Å². The Kier molecular flexibility index (Phi) is 3.29. The number of hydrogen-bond acceptors (Lipinski definition) is 2. The summed E-state index contributed by atoms with van der Waals surface area (Å²) >= 11 is 0. The van der Waals surface area contributed by atoms with Crippen LogP contribution < -0.4 is 10.9 Å². The van der Waals surface area contributed by atoms with E-state index in [0.29, 0.717) is 0 Å². The normalized spacial score (nSPS) is 12.9. The topological polar surface area (TPSA) is 51.1 Å². The number of rotatable bonds is 3. The summed E-state index contributed by atoms with van der Waals surface area (Å²) in [6, 6.07) is 3.39. The van der Waals surface area contributed by atoms with E-state index in [9.17, 15) is 9.59 Å². The molecular formula is C13H14N2O2. The number of carbonyl (C=O) groups is 1. The van der Waals surface area contributed by atoms with Gasteiger partial charge in [-0.05, 0) is 24.8 Å². The molecule has 1 N–H and O–H groups in total. The lowest BCUT2D eigenvalue weighted by atomic mass is 10.2. The SMILES string of the molecule is C#CCNC(=O)Cn1c2c(ccc1=O)CCC2. The van der Waals surface area contributed by atoms with E-state index in [4.69, 9.17) is 6.42 Å². The molecule has 1 aliphatic rings. The van der Waals surface area contributed by atoms with Crippen LogP contribution in [-0.2, 0) is 24.2 Å². The van der Waals surface area contributed by atoms with E-state index in [1.165, 1.54) is 11.6 Å². The minimum atomic E-state index is -0.217. The lowest BCUT2D eigenvalue weighted by Crippen LogP contribution is -2.33. The number of hydrogen-bond donors (Lipinski definition) is 1. The third kappa shape index (κ3) is 2.39. The molecule has 0 fully saturated rings. The molecule has 2 rings (SSSR count). The summed E-state index contributed by atoms with van der Waals surface area (Å²) in [7, 11) is 0. The van der Waals surface area contributed by atoms with Crippen molar-refractivity contribution >= 4 is 5.91 Å². The predicted octanol–water partition coefficient (Wildman–Crippen LogP) is 0.0864. The van der Waals surface area contributed by atoms with Gasteiger partial charge in [0, 0.05) is 11.8 Å². The maximum absolute atomic E-state index is 11.7. The molecule has 0 bridgehead atoms. The highest BCUT2D eigenvalue weighted by Crippen LogP contribution is 2.19. The molecule has 17 heavy (non-hydrogen) atoms. The number of nitrogens with one attached hydrogen (secondary N) is 1. The van der Waals surface area contributed by atoms with E-state index in [0.717, 1.165) is 25.0 Å². The average Bonchev–Trinajstić information content (AvgIpc) is 2.78. The molecule has 0 saturated heterocycles. The van der Waals surface area contributed by atoms with E-state index < -0.39 is 0 Å². The van der Waals surface area contributed by atoms with Crippen molar-refractivity contribution in [2.24, 2.45) is 0 Å². The van der Waals surface area contributed by atoms with Crippen molar-refractivity contribution in [3.05, 3.63) is 33.7 Å². The summed E-state index contributed by atoms with van der Waals surface area (Å²) in [6.07, 6.45) is 7.96. The van der Waals surface area contributed by atoms with E-state index in [-0.39, 0.29) is 24.6 Å². The van der Waals surface area contributed by atoms with Crippen molar-refractivity contribution < 1.29 is 4.79 Å². The molecule has 0 radical (unpaired) electrons. The number of carbonyl (C=O) groups excluding carboxylic acids is 1. The molecule has 0 spiro atoms. The van der Waals surface area contributed by atoms with Crippen LogP contribution in [0.5, 0.6) is 0 Å². The van der Waals surface area contributed by atoms with E-state index in [1.807, 2.05) is 6.07 Å². The average molecular weight is 230 g/mol. The van der Waals surface area contributed by atoms with Crippen molar-refractivity contribution in [3.63, 3.8) is 0 Å². The van der Waals surface area contributed by atoms with Crippen LogP contribution in [0.15, 0.2) is 16.9 Å². The first-order chi connectivity index (χ1) is 8.22. The zero-order valence-electron chi connectivity index (χ0n) is 9.53. The Morgan fingerprint density at radius 3 is 3.06 bits per heavy atom. The number of amides is 1. The molecule has 0 saturated carbocycles. The number of fused-ring (bicyclic) bond motifs is 1. The van der Waals surface area contributed by atoms with Crippen molar-refractivity contribution in [1.29, 1.82) is 0 Å². The Bertz CT molecular complexity index is 537. The Morgan fingerprint density at radius 2 is 2.29 bits per heavy atom. The molecule has 4 heteroatoms. The highest BCUT2D eigenvalue weighted by Gasteiger charge is 2.16. The first kappa shape index (κ1) is 11.5. The maximum atomic E-state index is 11.7. The molecule has 1 aliphatic carbocycles.